The van der Waals surface area contributed by atoms with Crippen molar-refractivity contribution < 1.29 is 0 Å². The number of aromatic nitrogens is 1. The van der Waals surface area contributed by atoms with Crippen LogP contribution >= 0.6 is 0 Å². The minimum Gasteiger partial charge on any atom is -0.309 e. The van der Waals surface area contributed by atoms with Gasteiger partial charge in [-0.3, -0.25) is 0 Å². The Morgan fingerprint density at radius 1 is 0.315 bits per heavy atom. The lowest BCUT2D eigenvalue weighted by Crippen LogP contribution is -2.11. The fraction of sp³-hybridized carbons (Fsp3) is 0. The normalized spacial score (nSPS) is 11.3. The summed E-state index contributed by atoms with van der Waals surface area (Å²) in [5.74, 6) is 0. The van der Waals surface area contributed by atoms with Gasteiger partial charge in [-0.15, -0.1) is 0 Å². The molecule has 0 N–H and O–H groups in total. The second-order valence-corrected chi connectivity index (χ2v) is 13.7. The van der Waals surface area contributed by atoms with Gasteiger partial charge in [0.25, 0.3) is 0 Å². The Labute approximate surface area is 315 Å². The first-order chi connectivity index (χ1) is 26.8. The lowest BCUT2D eigenvalue weighted by Gasteiger charge is -2.29. The van der Waals surface area contributed by atoms with Crippen LogP contribution in [0, 0.1) is 0 Å². The van der Waals surface area contributed by atoms with Crippen molar-refractivity contribution in [1.29, 1.82) is 0 Å². The summed E-state index contributed by atoms with van der Waals surface area (Å²) >= 11 is 0. The molecule has 0 saturated heterocycles. The Kier molecular flexibility index (Phi) is 7.85. The maximum absolute atomic E-state index is 2.49. The van der Waals surface area contributed by atoms with Crippen molar-refractivity contribution in [2.45, 2.75) is 0 Å². The standard InChI is InChI=1S/C52H36N2/c1-5-18-37(19-6-1)42-34-35-49(45-27-14-13-26-44(42)45)54(41-32-33-43(38-20-7-2-8-21-38)47(36-41)39-22-9-3-10-23-39)51-31-17-30-50-52(51)46-28-15-16-29-48(46)53(50)40-24-11-4-12-25-40/h1-36H. The molecule has 2 heteroatoms. The minimum absolute atomic E-state index is 1.09. The van der Waals surface area contributed by atoms with Crippen LogP contribution in [0.25, 0.3) is 71.6 Å². The molecule has 0 unspecified atom stereocenters. The van der Waals surface area contributed by atoms with E-state index in [4.69, 9.17) is 0 Å². The number of para-hydroxylation sites is 2. The topological polar surface area (TPSA) is 8.17 Å². The molecule has 54 heavy (non-hydrogen) atoms. The van der Waals surface area contributed by atoms with Gasteiger partial charge in [-0.25, -0.2) is 0 Å². The van der Waals surface area contributed by atoms with Gasteiger partial charge >= 0.3 is 0 Å². The van der Waals surface area contributed by atoms with Crippen LogP contribution in [0.15, 0.2) is 218 Å². The maximum Gasteiger partial charge on any atom is 0.0562 e. The number of benzene rings is 9. The average molecular weight is 689 g/mol. The largest absolute Gasteiger partial charge is 0.309 e. The molecule has 0 aliphatic carbocycles. The highest BCUT2D eigenvalue weighted by Gasteiger charge is 2.24. The predicted octanol–water partition coefficient (Wildman–Crippen LogP) is 14.4. The highest BCUT2D eigenvalue weighted by atomic mass is 15.1. The van der Waals surface area contributed by atoms with Gasteiger partial charge in [0.15, 0.2) is 0 Å². The van der Waals surface area contributed by atoms with Crippen molar-refractivity contribution in [2.75, 3.05) is 4.90 Å². The molecule has 254 valence electrons. The number of nitrogens with zero attached hydrogens (tertiary/aromatic N) is 2. The SMILES string of the molecule is c1ccc(-c2ccc(N(c3ccc(-c4ccccc4)c4ccccc34)c3cccc4c3c3ccccc3n4-c3ccccc3)cc2-c2ccccc2)cc1. The van der Waals surface area contributed by atoms with E-state index in [2.05, 4.69) is 228 Å². The third kappa shape index (κ3) is 5.36. The van der Waals surface area contributed by atoms with Crippen LogP contribution < -0.4 is 4.90 Å². The Morgan fingerprint density at radius 2 is 0.833 bits per heavy atom. The predicted molar refractivity (Wildman–Crippen MR) is 229 cm³/mol. The van der Waals surface area contributed by atoms with Gasteiger partial charge in [0, 0.05) is 27.5 Å². The molecule has 0 saturated carbocycles. The molecule has 0 radical (unpaired) electrons. The molecule has 9 aromatic carbocycles. The smallest absolute Gasteiger partial charge is 0.0562 e. The molecule has 10 rings (SSSR count). The summed E-state index contributed by atoms with van der Waals surface area (Å²) in [4.78, 5) is 2.49. The molecule has 0 atom stereocenters. The third-order valence-electron chi connectivity index (χ3n) is 10.6. The molecule has 0 spiro atoms. The summed E-state index contributed by atoms with van der Waals surface area (Å²) in [7, 11) is 0. The van der Waals surface area contributed by atoms with Crippen molar-refractivity contribution in [2.24, 2.45) is 0 Å². The molecule has 1 heterocycles. The quantitative estimate of drug-likeness (QED) is 0.162. The molecule has 0 amide bonds. The lowest BCUT2D eigenvalue weighted by molar-refractivity contribution is 1.18. The zero-order chi connectivity index (χ0) is 35.8. The van der Waals surface area contributed by atoms with E-state index in [1.165, 1.54) is 66.0 Å². The number of fused-ring (bicyclic) bond motifs is 4. The van der Waals surface area contributed by atoms with E-state index in [1.807, 2.05) is 0 Å². The van der Waals surface area contributed by atoms with E-state index in [-0.39, 0.29) is 0 Å². The van der Waals surface area contributed by atoms with Gasteiger partial charge in [0.1, 0.15) is 0 Å². The number of rotatable bonds is 7. The minimum atomic E-state index is 1.09. The van der Waals surface area contributed by atoms with E-state index < -0.39 is 0 Å². The summed E-state index contributed by atoms with van der Waals surface area (Å²) in [6.45, 7) is 0. The Balaban J connectivity index is 1.30. The van der Waals surface area contributed by atoms with Crippen molar-refractivity contribution in [1.82, 2.24) is 4.57 Å². The van der Waals surface area contributed by atoms with Crippen LogP contribution in [-0.2, 0) is 0 Å². The van der Waals surface area contributed by atoms with Crippen molar-refractivity contribution >= 4 is 49.6 Å². The Morgan fingerprint density at radius 3 is 1.52 bits per heavy atom. The molecule has 0 bridgehead atoms. The summed E-state index contributed by atoms with van der Waals surface area (Å²) in [5.41, 5.74) is 14.0. The highest BCUT2D eigenvalue weighted by molar-refractivity contribution is 6.18. The third-order valence-corrected chi connectivity index (χ3v) is 10.6. The molecule has 10 aromatic rings. The molecular weight excluding hydrogens is 653 g/mol. The van der Waals surface area contributed by atoms with E-state index in [1.54, 1.807) is 0 Å². The van der Waals surface area contributed by atoms with E-state index >= 15 is 0 Å². The van der Waals surface area contributed by atoms with Crippen LogP contribution in [-0.4, -0.2) is 4.57 Å². The number of anilines is 3. The monoisotopic (exact) mass is 688 g/mol. The first-order valence-corrected chi connectivity index (χ1v) is 18.5. The Bertz CT molecular complexity index is 2910. The van der Waals surface area contributed by atoms with Crippen LogP contribution in [0.4, 0.5) is 17.1 Å². The highest BCUT2D eigenvalue weighted by Crippen LogP contribution is 2.48. The fourth-order valence-electron chi connectivity index (χ4n) is 8.19. The van der Waals surface area contributed by atoms with Crippen molar-refractivity contribution in [3.63, 3.8) is 0 Å². The van der Waals surface area contributed by atoms with Gasteiger partial charge < -0.3 is 9.47 Å². The molecule has 0 aliphatic heterocycles. The van der Waals surface area contributed by atoms with Crippen LogP contribution in [0.5, 0.6) is 0 Å². The van der Waals surface area contributed by atoms with Gasteiger partial charge in [-0.2, -0.15) is 0 Å². The van der Waals surface area contributed by atoms with Crippen molar-refractivity contribution in [3.8, 4) is 39.1 Å². The summed E-state index contributed by atoms with van der Waals surface area (Å²) < 4.78 is 2.40. The number of hydrogen-bond acceptors (Lipinski definition) is 1. The summed E-state index contributed by atoms with van der Waals surface area (Å²) in [5, 5.41) is 4.83. The van der Waals surface area contributed by atoms with Gasteiger partial charge in [-0.1, -0.05) is 170 Å². The van der Waals surface area contributed by atoms with Gasteiger partial charge in [0.2, 0.25) is 0 Å². The summed E-state index contributed by atoms with van der Waals surface area (Å²) in [6, 6.07) is 78.9. The molecular formula is C52H36N2. The average Bonchev–Trinajstić information content (AvgIpc) is 3.60. The lowest BCUT2D eigenvalue weighted by atomic mass is 9.93. The zero-order valence-electron chi connectivity index (χ0n) is 29.7. The second kappa shape index (κ2) is 13.4. The first kappa shape index (κ1) is 31.6. The van der Waals surface area contributed by atoms with E-state index in [9.17, 15) is 0 Å². The zero-order valence-corrected chi connectivity index (χ0v) is 29.7. The fourth-order valence-corrected chi connectivity index (χ4v) is 8.19. The second-order valence-electron chi connectivity index (χ2n) is 13.7. The van der Waals surface area contributed by atoms with Crippen LogP contribution in [0.1, 0.15) is 0 Å². The van der Waals surface area contributed by atoms with E-state index in [0.717, 1.165) is 22.7 Å². The van der Waals surface area contributed by atoms with Crippen LogP contribution in [0.2, 0.25) is 0 Å². The van der Waals surface area contributed by atoms with Crippen molar-refractivity contribution in [3.05, 3.63) is 218 Å². The molecule has 0 aliphatic rings. The summed E-state index contributed by atoms with van der Waals surface area (Å²) in [6.07, 6.45) is 0. The Hall–Kier alpha value is -7.16. The molecule has 2 nitrogen and oxygen atoms in total. The first-order valence-electron chi connectivity index (χ1n) is 18.5. The van der Waals surface area contributed by atoms with Gasteiger partial charge in [0.05, 0.1) is 22.4 Å². The molecule has 1 aromatic heterocycles. The number of hydrogen-bond donors (Lipinski definition) is 0. The molecule has 0 fully saturated rings. The maximum atomic E-state index is 2.49. The van der Waals surface area contributed by atoms with E-state index in [0.29, 0.717) is 0 Å². The van der Waals surface area contributed by atoms with Gasteiger partial charge in [-0.05, 0) is 87.3 Å². The van der Waals surface area contributed by atoms with Crippen LogP contribution in [0.3, 0.4) is 0 Å².